The molecule has 0 aliphatic carbocycles. The van der Waals surface area contributed by atoms with Crippen LogP contribution in [0.2, 0.25) is 0 Å². The normalized spacial score (nSPS) is 12.2. The zero-order valence-electron chi connectivity index (χ0n) is 42.2. The van der Waals surface area contributed by atoms with Crippen LogP contribution in [0.25, 0.3) is 0 Å². The van der Waals surface area contributed by atoms with Crippen LogP contribution < -0.4 is 0 Å². The topological polar surface area (TPSA) is 61.8 Å². The van der Waals surface area contributed by atoms with E-state index in [0.29, 0.717) is 26.1 Å². The molecule has 0 aliphatic heterocycles. The number of carbonyl (C=O) groups is 2. The van der Waals surface area contributed by atoms with Crippen LogP contribution in [0.1, 0.15) is 303 Å². The van der Waals surface area contributed by atoms with E-state index in [9.17, 15) is 9.59 Å². The Morgan fingerprint density at radius 2 is 0.629 bits per heavy atom. The van der Waals surface area contributed by atoms with Crippen LogP contribution in [0.15, 0.2) is 24.3 Å². The Labute approximate surface area is 387 Å². The lowest BCUT2D eigenvalue weighted by Crippen LogP contribution is -2.30. The van der Waals surface area contributed by atoms with Crippen LogP contribution in [-0.4, -0.2) is 37.9 Å². The lowest BCUT2D eigenvalue weighted by atomic mass is 10.0. The van der Waals surface area contributed by atoms with Crippen molar-refractivity contribution in [2.75, 3.05) is 19.8 Å². The first-order valence-electron chi connectivity index (χ1n) is 27.9. The monoisotopic (exact) mass is 873 g/mol. The van der Waals surface area contributed by atoms with Gasteiger partial charge in [-0.25, -0.2) is 0 Å². The molecule has 0 saturated heterocycles. The Balaban J connectivity index is 4.19. The van der Waals surface area contributed by atoms with Crippen molar-refractivity contribution in [2.45, 2.75) is 309 Å². The molecule has 366 valence electrons. The summed E-state index contributed by atoms with van der Waals surface area (Å²) >= 11 is 0. The van der Waals surface area contributed by atoms with Crippen LogP contribution in [0.4, 0.5) is 0 Å². The van der Waals surface area contributed by atoms with Gasteiger partial charge in [0.2, 0.25) is 0 Å². The average Bonchev–Trinajstić information content (AvgIpc) is 3.27. The molecular weight excluding hydrogens is 765 g/mol. The average molecular weight is 873 g/mol. The number of esters is 2. The summed E-state index contributed by atoms with van der Waals surface area (Å²) in [7, 11) is 0. The first-order valence-corrected chi connectivity index (χ1v) is 27.9. The fraction of sp³-hybridized carbons (Fsp3) is 0.895. The number of carbonyl (C=O) groups excluding carboxylic acids is 2. The summed E-state index contributed by atoms with van der Waals surface area (Å²) < 4.78 is 17.4. The molecule has 5 heteroatoms. The van der Waals surface area contributed by atoms with Gasteiger partial charge in [-0.2, -0.15) is 0 Å². The molecule has 5 nitrogen and oxygen atoms in total. The SMILES string of the molecule is CCCCCC/C=C\CCCCCCCC(=O)OC(COCCCCCCCCCCCCCCCC)COC(=O)CCCCCCCCCCC/C=C\CCCCCCCC. The van der Waals surface area contributed by atoms with Crippen molar-refractivity contribution in [3.63, 3.8) is 0 Å². The van der Waals surface area contributed by atoms with Gasteiger partial charge >= 0.3 is 11.9 Å². The van der Waals surface area contributed by atoms with Gasteiger partial charge in [0.15, 0.2) is 6.10 Å². The molecule has 0 N–H and O–H groups in total. The van der Waals surface area contributed by atoms with E-state index < -0.39 is 6.10 Å². The van der Waals surface area contributed by atoms with Gasteiger partial charge in [-0.15, -0.1) is 0 Å². The lowest BCUT2D eigenvalue weighted by Gasteiger charge is -2.18. The smallest absolute Gasteiger partial charge is 0.306 e. The molecule has 0 saturated carbocycles. The summed E-state index contributed by atoms with van der Waals surface area (Å²) in [5.41, 5.74) is 0. The predicted molar refractivity (Wildman–Crippen MR) is 270 cm³/mol. The standard InChI is InChI=1S/C57H108O5/c1-4-7-10-13-16-19-22-25-27-28-29-30-31-33-35-38-41-44-47-50-56(58)61-54-55(53-60-52-49-46-43-40-37-34-26-23-20-17-14-11-8-5-2)62-57(59)51-48-45-42-39-36-32-24-21-18-15-12-9-6-3/h21,24-25,27,55H,4-20,22-23,26,28-54H2,1-3H3/b24-21-,27-25-. The molecule has 0 radical (unpaired) electrons. The highest BCUT2D eigenvalue weighted by molar-refractivity contribution is 5.70. The summed E-state index contributed by atoms with van der Waals surface area (Å²) in [5.74, 6) is -0.391. The Bertz CT molecular complexity index is 943. The highest BCUT2D eigenvalue weighted by Gasteiger charge is 2.17. The van der Waals surface area contributed by atoms with Crippen molar-refractivity contribution in [3.05, 3.63) is 24.3 Å². The van der Waals surface area contributed by atoms with Gasteiger partial charge in [0.25, 0.3) is 0 Å². The zero-order chi connectivity index (χ0) is 44.9. The summed E-state index contributed by atoms with van der Waals surface area (Å²) in [6, 6.07) is 0. The van der Waals surface area contributed by atoms with Crippen LogP contribution in [0.5, 0.6) is 0 Å². The van der Waals surface area contributed by atoms with Gasteiger partial charge in [-0.3, -0.25) is 9.59 Å². The fourth-order valence-corrected chi connectivity index (χ4v) is 8.27. The summed E-state index contributed by atoms with van der Waals surface area (Å²) in [4.78, 5) is 25.4. The van der Waals surface area contributed by atoms with Gasteiger partial charge in [0.05, 0.1) is 6.61 Å². The van der Waals surface area contributed by atoms with Crippen molar-refractivity contribution in [3.8, 4) is 0 Å². The zero-order valence-corrected chi connectivity index (χ0v) is 42.2. The maximum absolute atomic E-state index is 12.8. The van der Waals surface area contributed by atoms with E-state index >= 15 is 0 Å². The molecule has 0 heterocycles. The first-order chi connectivity index (χ1) is 30.6. The second-order valence-corrected chi connectivity index (χ2v) is 18.8. The third kappa shape index (κ3) is 51.0. The van der Waals surface area contributed by atoms with E-state index in [-0.39, 0.29) is 18.5 Å². The van der Waals surface area contributed by atoms with E-state index in [1.807, 2.05) is 0 Å². The molecule has 0 aromatic heterocycles. The van der Waals surface area contributed by atoms with Crippen molar-refractivity contribution in [1.29, 1.82) is 0 Å². The van der Waals surface area contributed by atoms with Crippen molar-refractivity contribution in [1.82, 2.24) is 0 Å². The third-order valence-corrected chi connectivity index (χ3v) is 12.5. The van der Waals surface area contributed by atoms with Crippen molar-refractivity contribution in [2.24, 2.45) is 0 Å². The molecule has 0 aliphatic rings. The van der Waals surface area contributed by atoms with Crippen molar-refractivity contribution < 1.29 is 23.8 Å². The number of unbranched alkanes of at least 4 members (excludes halogenated alkanes) is 37. The molecule has 0 aromatic carbocycles. The molecular formula is C57H108O5. The van der Waals surface area contributed by atoms with Gasteiger partial charge in [0, 0.05) is 19.4 Å². The Kier molecular flexibility index (Phi) is 52.3. The maximum atomic E-state index is 12.8. The highest BCUT2D eigenvalue weighted by Crippen LogP contribution is 2.16. The number of allylic oxidation sites excluding steroid dienone is 4. The van der Waals surface area contributed by atoms with E-state index in [0.717, 1.165) is 44.9 Å². The summed E-state index contributed by atoms with van der Waals surface area (Å²) in [6.45, 7) is 7.86. The molecule has 0 rings (SSSR count). The summed E-state index contributed by atoms with van der Waals surface area (Å²) in [5, 5.41) is 0. The maximum Gasteiger partial charge on any atom is 0.306 e. The van der Waals surface area contributed by atoms with Crippen LogP contribution >= 0.6 is 0 Å². The van der Waals surface area contributed by atoms with E-state index in [4.69, 9.17) is 14.2 Å². The molecule has 0 fully saturated rings. The van der Waals surface area contributed by atoms with Crippen LogP contribution in [-0.2, 0) is 23.8 Å². The minimum absolute atomic E-state index is 0.0877. The molecule has 0 amide bonds. The highest BCUT2D eigenvalue weighted by atomic mass is 16.6. The van der Waals surface area contributed by atoms with Crippen molar-refractivity contribution >= 4 is 11.9 Å². The largest absolute Gasteiger partial charge is 0.462 e. The molecule has 0 bridgehead atoms. The second-order valence-electron chi connectivity index (χ2n) is 18.8. The van der Waals surface area contributed by atoms with E-state index in [2.05, 4.69) is 45.1 Å². The van der Waals surface area contributed by atoms with Gasteiger partial charge in [0.1, 0.15) is 6.61 Å². The second kappa shape index (κ2) is 53.7. The molecule has 1 atom stereocenters. The van der Waals surface area contributed by atoms with Crippen LogP contribution in [0.3, 0.4) is 0 Å². The molecule has 1 unspecified atom stereocenters. The minimum atomic E-state index is -0.534. The molecule has 0 aromatic rings. The fourth-order valence-electron chi connectivity index (χ4n) is 8.27. The molecule has 62 heavy (non-hydrogen) atoms. The third-order valence-electron chi connectivity index (χ3n) is 12.5. The Morgan fingerprint density at radius 3 is 1.00 bits per heavy atom. The van der Waals surface area contributed by atoms with E-state index in [1.54, 1.807) is 0 Å². The Hall–Kier alpha value is -1.62. The van der Waals surface area contributed by atoms with E-state index in [1.165, 1.54) is 225 Å². The predicted octanol–water partition coefficient (Wildman–Crippen LogP) is 18.8. The first kappa shape index (κ1) is 60.4. The van der Waals surface area contributed by atoms with Gasteiger partial charge in [-0.1, -0.05) is 244 Å². The number of ether oxygens (including phenoxy) is 3. The minimum Gasteiger partial charge on any atom is -0.462 e. The molecule has 0 spiro atoms. The Morgan fingerprint density at radius 1 is 0.339 bits per heavy atom. The number of hydrogen-bond donors (Lipinski definition) is 0. The van der Waals surface area contributed by atoms with Gasteiger partial charge in [-0.05, 0) is 70.6 Å². The van der Waals surface area contributed by atoms with Crippen LogP contribution in [0, 0.1) is 0 Å². The quantitative estimate of drug-likeness (QED) is 0.0346. The number of rotatable bonds is 52. The number of hydrogen-bond acceptors (Lipinski definition) is 5. The lowest BCUT2D eigenvalue weighted by molar-refractivity contribution is -0.163. The summed E-state index contributed by atoms with van der Waals surface area (Å²) in [6.07, 6.45) is 63.3. The van der Waals surface area contributed by atoms with Gasteiger partial charge < -0.3 is 14.2 Å².